The Bertz CT molecular complexity index is 757. The number of carbonyl (C=O) groups is 1. The van der Waals surface area contributed by atoms with Gasteiger partial charge in [-0.2, -0.15) is 0 Å². The topological polar surface area (TPSA) is 55.6 Å². The minimum atomic E-state index is -4.81. The van der Waals surface area contributed by atoms with Crippen LogP contribution in [0.1, 0.15) is 5.56 Å². The van der Waals surface area contributed by atoms with Crippen molar-refractivity contribution in [1.29, 1.82) is 0 Å². The second kappa shape index (κ2) is 7.69. The Kier molecular flexibility index (Phi) is 5.81. The smallest absolute Gasteiger partial charge is 0.406 e. The van der Waals surface area contributed by atoms with Crippen molar-refractivity contribution in [2.45, 2.75) is 18.8 Å². The van der Waals surface area contributed by atoms with E-state index in [2.05, 4.69) is 4.74 Å². The number of nitrogens with zero attached hydrogens (tertiary/aromatic N) is 1. The third-order valence-corrected chi connectivity index (χ3v) is 3.48. The Morgan fingerprint density at radius 1 is 1.12 bits per heavy atom. The molecule has 1 atom stereocenters. The third-order valence-electron chi connectivity index (χ3n) is 3.48. The highest BCUT2D eigenvalue weighted by Crippen LogP contribution is 2.25. The van der Waals surface area contributed by atoms with Gasteiger partial charge in [0.05, 0.1) is 6.04 Å². The van der Waals surface area contributed by atoms with Crippen molar-refractivity contribution in [2.24, 2.45) is 5.73 Å². The summed E-state index contributed by atoms with van der Waals surface area (Å²) in [5.74, 6) is -2.57. The minimum Gasteiger partial charge on any atom is -0.406 e. The average molecular weight is 374 g/mol. The predicted octanol–water partition coefficient (Wildman–Crippen LogP) is 3.40. The van der Waals surface area contributed by atoms with Crippen LogP contribution in [-0.2, 0) is 11.2 Å². The van der Waals surface area contributed by atoms with Crippen LogP contribution in [0.5, 0.6) is 5.75 Å². The van der Waals surface area contributed by atoms with Crippen LogP contribution in [0.2, 0.25) is 0 Å². The molecule has 2 rings (SSSR count). The molecule has 26 heavy (non-hydrogen) atoms. The van der Waals surface area contributed by atoms with Gasteiger partial charge in [0.25, 0.3) is 0 Å². The fourth-order valence-corrected chi connectivity index (χ4v) is 2.32. The van der Waals surface area contributed by atoms with Crippen LogP contribution in [0.25, 0.3) is 0 Å². The van der Waals surface area contributed by atoms with Gasteiger partial charge in [-0.3, -0.25) is 4.79 Å². The first-order valence-corrected chi connectivity index (χ1v) is 7.39. The molecule has 1 amide bonds. The molecule has 0 aliphatic heterocycles. The molecule has 0 fully saturated rings. The Morgan fingerprint density at radius 3 is 2.15 bits per heavy atom. The summed E-state index contributed by atoms with van der Waals surface area (Å²) >= 11 is 0. The van der Waals surface area contributed by atoms with Gasteiger partial charge in [0, 0.05) is 18.8 Å². The Labute approximate surface area is 146 Å². The van der Waals surface area contributed by atoms with Gasteiger partial charge in [-0.05, 0) is 48.4 Å². The summed E-state index contributed by atoms with van der Waals surface area (Å²) in [4.78, 5) is 13.5. The third kappa shape index (κ3) is 5.41. The molecular formula is C17H15F5N2O2. The number of ether oxygens (including phenoxy) is 1. The molecule has 9 heteroatoms. The lowest BCUT2D eigenvalue weighted by Crippen LogP contribution is -2.43. The number of likely N-dealkylation sites (N-methyl/N-ethyl adjacent to an activating group) is 1. The largest absolute Gasteiger partial charge is 0.573 e. The number of halogens is 5. The van der Waals surface area contributed by atoms with Crippen LogP contribution in [0.3, 0.4) is 0 Å². The van der Waals surface area contributed by atoms with Crippen molar-refractivity contribution < 1.29 is 31.5 Å². The molecule has 140 valence electrons. The summed E-state index contributed by atoms with van der Waals surface area (Å²) in [5.41, 5.74) is 6.29. The lowest BCUT2D eigenvalue weighted by molar-refractivity contribution is -0.274. The fraction of sp³-hybridized carbons (Fsp3) is 0.235. The second-order valence-electron chi connectivity index (χ2n) is 5.53. The maximum absolute atomic E-state index is 13.2. The molecule has 0 aromatic heterocycles. The van der Waals surface area contributed by atoms with Gasteiger partial charge in [-0.15, -0.1) is 13.2 Å². The van der Waals surface area contributed by atoms with Crippen molar-refractivity contribution in [3.63, 3.8) is 0 Å². The summed E-state index contributed by atoms with van der Waals surface area (Å²) in [6.07, 6.45) is -4.92. The standard InChI is InChI=1S/C17H15F5N2O2/c1-24(13-2-4-14(5-3-13)26-17(20,21)22)16(25)15(23)8-10-6-11(18)9-12(19)7-10/h2-7,9,15H,8,23H2,1H3/t15-/m0/s1. The van der Waals surface area contributed by atoms with Crippen molar-refractivity contribution >= 4 is 11.6 Å². The number of amides is 1. The molecule has 0 radical (unpaired) electrons. The summed E-state index contributed by atoms with van der Waals surface area (Å²) in [5, 5.41) is 0. The molecule has 0 heterocycles. The molecule has 0 spiro atoms. The highest BCUT2D eigenvalue weighted by atomic mass is 19.4. The monoisotopic (exact) mass is 374 g/mol. The van der Waals surface area contributed by atoms with E-state index in [1.807, 2.05) is 0 Å². The predicted molar refractivity (Wildman–Crippen MR) is 84.6 cm³/mol. The number of benzene rings is 2. The van der Waals surface area contributed by atoms with Gasteiger partial charge in [0.15, 0.2) is 0 Å². The Balaban J connectivity index is 2.05. The Morgan fingerprint density at radius 2 is 1.65 bits per heavy atom. The van der Waals surface area contributed by atoms with Gasteiger partial charge in [-0.1, -0.05) is 0 Å². The zero-order valence-electron chi connectivity index (χ0n) is 13.6. The molecule has 2 aromatic rings. The molecule has 0 saturated heterocycles. The molecular weight excluding hydrogens is 359 g/mol. The van der Waals surface area contributed by atoms with E-state index in [4.69, 9.17) is 5.73 Å². The highest BCUT2D eigenvalue weighted by Gasteiger charge is 2.31. The van der Waals surface area contributed by atoms with E-state index >= 15 is 0 Å². The van der Waals surface area contributed by atoms with E-state index in [1.54, 1.807) is 0 Å². The molecule has 0 saturated carbocycles. The van der Waals surface area contributed by atoms with E-state index in [0.29, 0.717) is 6.07 Å². The normalized spacial score (nSPS) is 12.6. The van der Waals surface area contributed by atoms with Gasteiger partial charge in [-0.25, -0.2) is 8.78 Å². The first-order chi connectivity index (χ1) is 12.0. The molecule has 0 aliphatic rings. The first-order valence-electron chi connectivity index (χ1n) is 7.39. The fourth-order valence-electron chi connectivity index (χ4n) is 2.32. The van der Waals surface area contributed by atoms with Crippen molar-refractivity contribution in [2.75, 3.05) is 11.9 Å². The summed E-state index contributed by atoms with van der Waals surface area (Å²) < 4.78 is 66.6. The number of alkyl halides is 3. The van der Waals surface area contributed by atoms with Crippen LogP contribution in [0.4, 0.5) is 27.6 Å². The molecule has 0 aliphatic carbocycles. The van der Waals surface area contributed by atoms with Gasteiger partial charge < -0.3 is 15.4 Å². The number of hydrogen-bond donors (Lipinski definition) is 1. The molecule has 0 bridgehead atoms. The van der Waals surface area contributed by atoms with Crippen LogP contribution in [0, 0.1) is 11.6 Å². The Hall–Kier alpha value is -2.68. The number of carbonyl (C=O) groups excluding carboxylic acids is 1. The number of rotatable bonds is 5. The van der Waals surface area contributed by atoms with Crippen LogP contribution in [0.15, 0.2) is 42.5 Å². The summed E-state index contributed by atoms with van der Waals surface area (Å²) in [6, 6.07) is 6.38. The van der Waals surface area contributed by atoms with Crippen molar-refractivity contribution in [1.82, 2.24) is 0 Å². The first kappa shape index (κ1) is 19.6. The van der Waals surface area contributed by atoms with Gasteiger partial charge >= 0.3 is 6.36 Å². The number of anilines is 1. The molecule has 2 aromatic carbocycles. The zero-order valence-corrected chi connectivity index (χ0v) is 13.6. The van der Waals surface area contributed by atoms with Crippen molar-refractivity contribution in [3.05, 3.63) is 59.7 Å². The lowest BCUT2D eigenvalue weighted by atomic mass is 10.0. The quantitative estimate of drug-likeness (QED) is 0.817. The molecule has 0 unspecified atom stereocenters. The number of nitrogens with two attached hydrogens (primary N) is 1. The zero-order chi connectivity index (χ0) is 19.5. The molecule has 2 N–H and O–H groups in total. The van der Waals surface area contributed by atoms with Crippen LogP contribution >= 0.6 is 0 Å². The van der Waals surface area contributed by atoms with E-state index in [0.717, 1.165) is 29.2 Å². The summed E-state index contributed by atoms with van der Waals surface area (Å²) in [7, 11) is 1.38. The SMILES string of the molecule is CN(C(=O)[C@@H](N)Cc1cc(F)cc(F)c1)c1ccc(OC(F)(F)F)cc1. The number of hydrogen-bond acceptors (Lipinski definition) is 3. The average Bonchev–Trinajstić information content (AvgIpc) is 2.51. The highest BCUT2D eigenvalue weighted by molar-refractivity contribution is 5.96. The van der Waals surface area contributed by atoms with Gasteiger partial charge in [0.1, 0.15) is 17.4 Å². The molecule has 4 nitrogen and oxygen atoms in total. The lowest BCUT2D eigenvalue weighted by Gasteiger charge is -2.22. The second-order valence-corrected chi connectivity index (χ2v) is 5.53. The van der Waals surface area contributed by atoms with E-state index in [1.165, 1.54) is 19.2 Å². The van der Waals surface area contributed by atoms with Crippen molar-refractivity contribution in [3.8, 4) is 5.75 Å². The van der Waals surface area contributed by atoms with Gasteiger partial charge in [0.2, 0.25) is 5.91 Å². The minimum absolute atomic E-state index is 0.104. The van der Waals surface area contributed by atoms with E-state index < -0.39 is 35.7 Å². The maximum Gasteiger partial charge on any atom is 0.573 e. The van der Waals surface area contributed by atoms with E-state index in [-0.39, 0.29) is 17.7 Å². The maximum atomic E-state index is 13.2. The van der Waals surface area contributed by atoms with E-state index in [9.17, 15) is 26.7 Å². The van der Waals surface area contributed by atoms with Crippen LogP contribution in [-0.4, -0.2) is 25.4 Å². The van der Waals surface area contributed by atoms with Crippen LogP contribution < -0.4 is 15.4 Å². The summed E-state index contributed by atoms with van der Waals surface area (Å²) in [6.45, 7) is 0.